The Morgan fingerprint density at radius 3 is 2.70 bits per heavy atom. The van der Waals surface area contributed by atoms with Gasteiger partial charge in [-0.3, -0.25) is 4.79 Å². The van der Waals surface area contributed by atoms with E-state index in [4.69, 9.17) is 4.74 Å². The molecule has 0 radical (unpaired) electrons. The molecule has 1 N–H and O–H groups in total. The van der Waals surface area contributed by atoms with Crippen molar-refractivity contribution in [3.63, 3.8) is 0 Å². The number of esters is 1. The van der Waals surface area contributed by atoms with E-state index in [0.29, 0.717) is 29.0 Å². The molecule has 2 fully saturated rings. The van der Waals surface area contributed by atoms with E-state index in [2.05, 4.69) is 46.5 Å². The highest BCUT2D eigenvalue weighted by molar-refractivity contribution is 5.94. The van der Waals surface area contributed by atoms with Gasteiger partial charge in [0.1, 0.15) is 0 Å². The van der Waals surface area contributed by atoms with E-state index < -0.39 is 5.97 Å². The molecule has 6 atom stereocenters. The molecule has 6 rings (SSSR count). The average Bonchev–Trinajstić information content (AvgIpc) is 3.53. The fourth-order valence-corrected chi connectivity index (χ4v) is 8.09. The zero-order chi connectivity index (χ0) is 25.8. The standard InChI is InChI=1S/C29H35N5O3/c1-28-11-8-20(33-26(35)18-10-13-31-32-15-18)14-19(28)4-5-21-22-6-7-25(29(22,2)12-9-23(21)28)34-16-24(30-17-34)27(36)37-3/h4,7,10,13,15-17,20-23H,5-6,8-9,11-12,14H2,1-3H3,(H,33,35)/t20-,21?,22?,23?,28-,29-/m0/s1. The van der Waals surface area contributed by atoms with Crippen LogP contribution in [-0.2, 0) is 4.74 Å². The molecule has 2 saturated carbocycles. The molecule has 3 unspecified atom stereocenters. The minimum absolute atomic E-state index is 0.0642. The second-order valence-electron chi connectivity index (χ2n) is 11.7. The summed E-state index contributed by atoms with van der Waals surface area (Å²) in [6.07, 6.45) is 19.1. The molecule has 4 aliphatic rings. The van der Waals surface area contributed by atoms with Gasteiger partial charge in [0.25, 0.3) is 5.91 Å². The summed E-state index contributed by atoms with van der Waals surface area (Å²) in [4.78, 5) is 29.0. The van der Waals surface area contributed by atoms with Crippen LogP contribution in [0.5, 0.6) is 0 Å². The first-order valence-corrected chi connectivity index (χ1v) is 13.4. The second kappa shape index (κ2) is 8.92. The van der Waals surface area contributed by atoms with Crippen LogP contribution in [-0.4, -0.2) is 44.8 Å². The number of imidazole rings is 1. The molecular formula is C29H35N5O3. The molecule has 1 amide bonds. The normalized spacial score (nSPS) is 34.4. The van der Waals surface area contributed by atoms with Crippen LogP contribution in [0.25, 0.3) is 5.70 Å². The number of hydrogen-bond acceptors (Lipinski definition) is 6. The van der Waals surface area contributed by atoms with Crippen LogP contribution in [0.1, 0.15) is 79.6 Å². The largest absolute Gasteiger partial charge is 0.464 e. The van der Waals surface area contributed by atoms with Gasteiger partial charge < -0.3 is 14.6 Å². The van der Waals surface area contributed by atoms with Gasteiger partial charge in [-0.15, -0.1) is 0 Å². The number of fused-ring (bicyclic) bond motifs is 5. The Hall–Kier alpha value is -3.29. The van der Waals surface area contributed by atoms with Crippen molar-refractivity contribution < 1.29 is 14.3 Å². The van der Waals surface area contributed by atoms with Gasteiger partial charge in [0.2, 0.25) is 0 Å². The minimum Gasteiger partial charge on any atom is -0.464 e. The maximum atomic E-state index is 12.7. The summed E-state index contributed by atoms with van der Waals surface area (Å²) < 4.78 is 6.90. The Morgan fingerprint density at radius 2 is 1.92 bits per heavy atom. The predicted octanol–water partition coefficient (Wildman–Crippen LogP) is 4.67. The Morgan fingerprint density at radius 1 is 1.08 bits per heavy atom. The summed E-state index contributed by atoms with van der Waals surface area (Å²) in [7, 11) is 1.39. The van der Waals surface area contributed by atoms with Crippen molar-refractivity contribution in [2.45, 2.75) is 64.8 Å². The van der Waals surface area contributed by atoms with E-state index in [9.17, 15) is 9.59 Å². The Labute approximate surface area is 217 Å². The van der Waals surface area contributed by atoms with E-state index in [1.807, 2.05) is 10.8 Å². The first-order valence-electron chi connectivity index (χ1n) is 13.4. The van der Waals surface area contributed by atoms with Crippen molar-refractivity contribution in [2.75, 3.05) is 7.11 Å². The number of hydrogen-bond donors (Lipinski definition) is 1. The molecule has 4 aliphatic carbocycles. The molecule has 0 bridgehead atoms. The molecule has 2 heterocycles. The third-order valence-corrected chi connectivity index (χ3v) is 10.1. The number of carbonyl (C=O) groups is 2. The van der Waals surface area contributed by atoms with Gasteiger partial charge in [0, 0.05) is 23.4 Å². The third kappa shape index (κ3) is 3.83. The zero-order valence-corrected chi connectivity index (χ0v) is 21.8. The maximum Gasteiger partial charge on any atom is 0.358 e. The third-order valence-electron chi connectivity index (χ3n) is 10.1. The van der Waals surface area contributed by atoms with Gasteiger partial charge in [0.15, 0.2) is 5.69 Å². The first-order chi connectivity index (χ1) is 17.8. The molecule has 2 aromatic rings. The fraction of sp³-hybridized carbons (Fsp3) is 0.552. The van der Waals surface area contributed by atoms with Crippen molar-refractivity contribution in [1.82, 2.24) is 25.1 Å². The number of ether oxygens (including phenoxy) is 1. The Kier molecular flexibility index (Phi) is 5.81. The highest BCUT2D eigenvalue weighted by Crippen LogP contribution is 2.65. The van der Waals surface area contributed by atoms with Crippen LogP contribution in [0.15, 0.2) is 48.7 Å². The summed E-state index contributed by atoms with van der Waals surface area (Å²) in [6.45, 7) is 4.89. The molecule has 8 nitrogen and oxygen atoms in total. The van der Waals surface area contributed by atoms with E-state index in [1.54, 1.807) is 18.6 Å². The number of carbonyl (C=O) groups excluding carboxylic acids is 2. The number of allylic oxidation sites excluding steroid dienone is 3. The molecule has 2 aromatic heterocycles. The van der Waals surface area contributed by atoms with Crippen molar-refractivity contribution in [2.24, 2.45) is 28.6 Å². The lowest BCUT2D eigenvalue weighted by atomic mass is 9.47. The van der Waals surface area contributed by atoms with Crippen LogP contribution in [0.2, 0.25) is 0 Å². The number of nitrogens with one attached hydrogen (secondary N) is 1. The molecule has 0 aliphatic heterocycles. The summed E-state index contributed by atoms with van der Waals surface area (Å²) in [5, 5.41) is 10.9. The quantitative estimate of drug-likeness (QED) is 0.483. The van der Waals surface area contributed by atoms with Crippen LogP contribution >= 0.6 is 0 Å². The monoisotopic (exact) mass is 501 g/mol. The minimum atomic E-state index is -0.398. The molecular weight excluding hydrogens is 466 g/mol. The molecule has 8 heteroatoms. The second-order valence-corrected chi connectivity index (χ2v) is 11.7. The van der Waals surface area contributed by atoms with E-state index >= 15 is 0 Å². The van der Waals surface area contributed by atoms with Gasteiger partial charge in [-0.25, -0.2) is 9.78 Å². The molecule has 194 valence electrons. The highest BCUT2D eigenvalue weighted by Gasteiger charge is 2.57. The van der Waals surface area contributed by atoms with E-state index in [0.717, 1.165) is 38.5 Å². The van der Waals surface area contributed by atoms with Gasteiger partial charge in [-0.1, -0.05) is 31.6 Å². The number of rotatable bonds is 4. The summed E-state index contributed by atoms with van der Waals surface area (Å²) >= 11 is 0. The van der Waals surface area contributed by atoms with Crippen molar-refractivity contribution in [3.05, 3.63) is 60.0 Å². The van der Waals surface area contributed by atoms with Crippen LogP contribution in [0.4, 0.5) is 0 Å². The highest BCUT2D eigenvalue weighted by atomic mass is 16.5. The first kappa shape index (κ1) is 24.1. The van der Waals surface area contributed by atoms with Gasteiger partial charge in [-0.05, 0) is 74.2 Å². The van der Waals surface area contributed by atoms with Crippen molar-refractivity contribution in [1.29, 1.82) is 0 Å². The Balaban J connectivity index is 1.18. The maximum absolute atomic E-state index is 12.7. The lowest BCUT2D eigenvalue weighted by molar-refractivity contribution is -0.0137. The van der Waals surface area contributed by atoms with Crippen molar-refractivity contribution >= 4 is 17.6 Å². The SMILES string of the molecule is COC(=O)c1cn(C2=CCC3C4CC=C5C[C@@H](NC(=O)c6ccnnc6)CC[C@]5(C)C4CC[C@]23C)cn1. The molecule has 0 saturated heterocycles. The number of amides is 1. The number of aromatic nitrogens is 4. The molecule has 37 heavy (non-hydrogen) atoms. The molecule has 0 spiro atoms. The van der Waals surface area contributed by atoms with Gasteiger partial charge in [0.05, 0.1) is 31.4 Å². The van der Waals surface area contributed by atoms with E-state index in [1.165, 1.54) is 31.0 Å². The zero-order valence-electron chi connectivity index (χ0n) is 21.8. The lowest BCUT2D eigenvalue weighted by Crippen LogP contribution is -2.51. The van der Waals surface area contributed by atoms with Crippen molar-refractivity contribution in [3.8, 4) is 0 Å². The average molecular weight is 502 g/mol. The molecule has 0 aromatic carbocycles. The summed E-state index contributed by atoms with van der Waals surface area (Å²) in [5.41, 5.74) is 3.99. The summed E-state index contributed by atoms with van der Waals surface area (Å²) in [6, 6.07) is 1.87. The van der Waals surface area contributed by atoms with Gasteiger partial charge >= 0.3 is 5.97 Å². The summed E-state index contributed by atoms with van der Waals surface area (Å²) in [5.74, 6) is 1.42. The number of nitrogens with zero attached hydrogens (tertiary/aromatic N) is 4. The smallest absolute Gasteiger partial charge is 0.358 e. The van der Waals surface area contributed by atoms with E-state index in [-0.39, 0.29) is 22.8 Å². The fourth-order valence-electron chi connectivity index (χ4n) is 8.09. The van der Waals surface area contributed by atoms with Crippen LogP contribution in [0.3, 0.4) is 0 Å². The predicted molar refractivity (Wildman–Crippen MR) is 138 cm³/mol. The number of methoxy groups -OCH3 is 1. The lowest BCUT2D eigenvalue weighted by Gasteiger charge is -2.58. The van der Waals surface area contributed by atoms with Crippen LogP contribution < -0.4 is 5.32 Å². The van der Waals surface area contributed by atoms with Crippen LogP contribution in [0, 0.1) is 28.6 Å². The Bertz CT molecular complexity index is 1280. The van der Waals surface area contributed by atoms with Gasteiger partial charge in [-0.2, -0.15) is 10.2 Å². The topological polar surface area (TPSA) is 99.0 Å².